The van der Waals surface area contributed by atoms with Crippen LogP contribution >= 0.6 is 0 Å². The number of carbonyl (C=O) groups excluding carboxylic acids is 2. The molecule has 6 heteroatoms. The maximum atomic E-state index is 11.0. The molecule has 1 atom stereocenters. The summed E-state index contributed by atoms with van der Waals surface area (Å²) in [7, 11) is 0. The first-order valence-corrected chi connectivity index (χ1v) is 3.71. The van der Waals surface area contributed by atoms with Crippen LogP contribution in [-0.4, -0.2) is 23.3 Å². The smallest absolute Gasteiger partial charge is 0.385 e. The minimum atomic E-state index is -1.05. The molecule has 0 amide bonds. The van der Waals surface area contributed by atoms with E-state index in [1.165, 1.54) is 0 Å². The van der Waals surface area contributed by atoms with Gasteiger partial charge in [0, 0.05) is 12.5 Å². The van der Waals surface area contributed by atoms with Crippen molar-refractivity contribution in [3.8, 4) is 0 Å². The van der Waals surface area contributed by atoms with Gasteiger partial charge < -0.3 is 9.84 Å². The van der Waals surface area contributed by atoms with E-state index in [0.717, 1.165) is 12.3 Å². The molecule has 14 heavy (non-hydrogen) atoms. The first kappa shape index (κ1) is 10.3. The molecule has 1 unspecified atom stereocenters. The fourth-order valence-corrected chi connectivity index (χ4v) is 0.743. The zero-order valence-electron chi connectivity index (χ0n) is 7.13. The maximum Gasteiger partial charge on any atom is 0.385 e. The summed E-state index contributed by atoms with van der Waals surface area (Å²) in [4.78, 5) is 29.6. The average Bonchev–Trinajstić information content (AvgIpc) is 2.60. The number of rotatable bonds is 2. The quantitative estimate of drug-likeness (QED) is 0.377. The van der Waals surface area contributed by atoms with Crippen LogP contribution in [0.3, 0.4) is 0 Å². The van der Waals surface area contributed by atoms with Crippen LogP contribution in [0.1, 0.15) is 6.42 Å². The minimum Gasteiger partial charge on any atom is -0.472 e. The molecule has 6 nitrogen and oxygen atoms in total. The molecule has 0 fully saturated rings. The lowest BCUT2D eigenvalue weighted by Crippen LogP contribution is -2.12. The summed E-state index contributed by atoms with van der Waals surface area (Å²) in [6.07, 6.45) is 0.855. The van der Waals surface area contributed by atoms with E-state index in [9.17, 15) is 9.59 Å². The molecule has 0 aliphatic carbocycles. The van der Waals surface area contributed by atoms with Gasteiger partial charge in [-0.25, -0.2) is 19.4 Å². The molecule has 0 bridgehead atoms. The molecule has 1 N–H and O–H groups in total. The van der Waals surface area contributed by atoms with Crippen LogP contribution in [-0.2, 0) is 24.1 Å². The van der Waals surface area contributed by atoms with Crippen molar-refractivity contribution in [1.29, 1.82) is 0 Å². The molecule has 0 radical (unpaired) electrons. The Kier molecular flexibility index (Phi) is 3.24. The fraction of sp³-hybridized carbons (Fsp3) is 0.250. The van der Waals surface area contributed by atoms with E-state index < -0.39 is 18.2 Å². The summed E-state index contributed by atoms with van der Waals surface area (Å²) in [5.74, 6) is -1.75. The van der Waals surface area contributed by atoms with Crippen molar-refractivity contribution in [1.82, 2.24) is 0 Å². The Labute approximate surface area is 79.3 Å². The van der Waals surface area contributed by atoms with E-state index in [4.69, 9.17) is 5.11 Å². The van der Waals surface area contributed by atoms with Gasteiger partial charge in [-0.1, -0.05) is 6.58 Å². The van der Waals surface area contributed by atoms with Crippen molar-refractivity contribution >= 4 is 11.9 Å². The van der Waals surface area contributed by atoms with Crippen molar-refractivity contribution < 1.29 is 29.2 Å². The van der Waals surface area contributed by atoms with Crippen LogP contribution < -0.4 is 0 Å². The molecular weight excluding hydrogens is 192 g/mol. The van der Waals surface area contributed by atoms with E-state index in [2.05, 4.69) is 21.1 Å². The van der Waals surface area contributed by atoms with Crippen LogP contribution in [0.5, 0.6) is 0 Å². The Hall–Kier alpha value is -1.82. The zero-order valence-corrected chi connectivity index (χ0v) is 7.13. The zero-order chi connectivity index (χ0) is 10.6. The first-order valence-electron chi connectivity index (χ1n) is 3.71. The number of ether oxygens (including phenoxy) is 1. The molecule has 1 aliphatic heterocycles. The van der Waals surface area contributed by atoms with Crippen molar-refractivity contribution in [2.75, 3.05) is 0 Å². The van der Waals surface area contributed by atoms with Gasteiger partial charge in [0.1, 0.15) is 0 Å². The highest BCUT2D eigenvalue weighted by Gasteiger charge is 2.24. The second kappa shape index (κ2) is 4.43. The molecule has 1 aliphatic rings. The fourth-order valence-electron chi connectivity index (χ4n) is 0.743. The van der Waals surface area contributed by atoms with E-state index in [0.29, 0.717) is 0 Å². The van der Waals surface area contributed by atoms with Crippen LogP contribution in [0, 0.1) is 0 Å². The second-order valence-electron chi connectivity index (χ2n) is 2.42. The Morgan fingerprint density at radius 2 is 2.36 bits per heavy atom. The molecule has 0 aromatic rings. The predicted octanol–water partition coefficient (Wildman–Crippen LogP) is -0.204. The number of aliphatic hydroxyl groups is 1. The van der Waals surface area contributed by atoms with Gasteiger partial charge in [0.15, 0.2) is 0 Å². The molecule has 1 heterocycles. The lowest BCUT2D eigenvalue weighted by molar-refractivity contribution is -0.251. The third kappa shape index (κ3) is 2.60. The standard InChI is InChI=1S/C8H8O6/c1-2-6(9)13-14-8(11)5-3-7(10)12-4-5/h2,4,7,10H,1,3H2. The Balaban J connectivity index is 2.36. The van der Waals surface area contributed by atoms with E-state index in [1.807, 2.05) is 0 Å². The van der Waals surface area contributed by atoms with Gasteiger partial charge in [-0.05, 0) is 0 Å². The van der Waals surface area contributed by atoms with Crippen molar-refractivity contribution in [2.45, 2.75) is 12.7 Å². The van der Waals surface area contributed by atoms with Gasteiger partial charge in [-0.15, -0.1) is 0 Å². The molecule has 0 aromatic carbocycles. The van der Waals surface area contributed by atoms with E-state index >= 15 is 0 Å². The molecule has 0 saturated heterocycles. The highest BCUT2D eigenvalue weighted by atomic mass is 17.2. The summed E-state index contributed by atoms with van der Waals surface area (Å²) in [6, 6.07) is 0. The molecule has 0 aromatic heterocycles. The van der Waals surface area contributed by atoms with Crippen molar-refractivity contribution in [3.63, 3.8) is 0 Å². The maximum absolute atomic E-state index is 11.0. The average molecular weight is 200 g/mol. The lowest BCUT2D eigenvalue weighted by Gasteiger charge is -2.00. The highest BCUT2D eigenvalue weighted by Crippen LogP contribution is 2.16. The Morgan fingerprint density at radius 3 is 2.86 bits per heavy atom. The van der Waals surface area contributed by atoms with Gasteiger partial charge in [0.05, 0.1) is 11.8 Å². The van der Waals surface area contributed by atoms with Crippen LogP contribution in [0.2, 0.25) is 0 Å². The first-order chi connectivity index (χ1) is 6.63. The summed E-state index contributed by atoms with van der Waals surface area (Å²) in [6.45, 7) is 3.10. The monoisotopic (exact) mass is 200 g/mol. The molecule has 0 spiro atoms. The summed E-state index contributed by atoms with van der Waals surface area (Å²) in [5.41, 5.74) is 0.0920. The topological polar surface area (TPSA) is 82.1 Å². The van der Waals surface area contributed by atoms with Gasteiger partial charge in [0.2, 0.25) is 6.29 Å². The minimum absolute atomic E-state index is 0.00444. The number of carbonyl (C=O) groups is 2. The third-order valence-corrected chi connectivity index (χ3v) is 1.39. The van der Waals surface area contributed by atoms with Crippen LogP contribution in [0.4, 0.5) is 0 Å². The Morgan fingerprint density at radius 1 is 1.64 bits per heavy atom. The van der Waals surface area contributed by atoms with Gasteiger partial charge in [-0.3, -0.25) is 0 Å². The van der Waals surface area contributed by atoms with Gasteiger partial charge >= 0.3 is 11.9 Å². The SMILES string of the molecule is C=CC(=O)OOC(=O)C1=COC(O)C1. The van der Waals surface area contributed by atoms with Crippen molar-refractivity contribution in [3.05, 3.63) is 24.5 Å². The van der Waals surface area contributed by atoms with Crippen molar-refractivity contribution in [2.24, 2.45) is 0 Å². The highest BCUT2D eigenvalue weighted by molar-refractivity contribution is 5.89. The third-order valence-electron chi connectivity index (χ3n) is 1.39. The van der Waals surface area contributed by atoms with Crippen LogP contribution in [0.25, 0.3) is 0 Å². The predicted molar refractivity (Wildman–Crippen MR) is 42.2 cm³/mol. The summed E-state index contributed by atoms with van der Waals surface area (Å²) < 4.78 is 4.55. The largest absolute Gasteiger partial charge is 0.472 e. The number of hydrogen-bond donors (Lipinski definition) is 1. The van der Waals surface area contributed by atoms with E-state index in [-0.39, 0.29) is 12.0 Å². The van der Waals surface area contributed by atoms with Crippen LogP contribution in [0.15, 0.2) is 24.5 Å². The normalized spacial score (nSPS) is 19.2. The lowest BCUT2D eigenvalue weighted by atomic mass is 10.2. The molecule has 76 valence electrons. The molecular formula is C8H8O6. The molecule has 0 saturated carbocycles. The Bertz CT molecular complexity index is 292. The second-order valence-corrected chi connectivity index (χ2v) is 2.42. The number of hydrogen-bond acceptors (Lipinski definition) is 6. The number of aliphatic hydroxyl groups excluding tert-OH is 1. The van der Waals surface area contributed by atoms with E-state index in [1.54, 1.807) is 0 Å². The molecule has 1 rings (SSSR count). The van der Waals surface area contributed by atoms with Gasteiger partial charge in [-0.2, -0.15) is 0 Å². The summed E-state index contributed by atoms with van der Waals surface area (Å²) in [5, 5.41) is 8.87. The summed E-state index contributed by atoms with van der Waals surface area (Å²) >= 11 is 0. The van der Waals surface area contributed by atoms with Gasteiger partial charge in [0.25, 0.3) is 0 Å².